The molecule has 0 aliphatic heterocycles. The quantitative estimate of drug-likeness (QED) is 0.624. The van der Waals surface area contributed by atoms with E-state index in [9.17, 15) is 4.79 Å². The Morgan fingerprint density at radius 2 is 2.47 bits per heavy atom. The van der Waals surface area contributed by atoms with Crippen molar-refractivity contribution in [1.29, 1.82) is 5.26 Å². The third-order valence-electron chi connectivity index (χ3n) is 1.49. The Morgan fingerprint density at radius 1 is 1.67 bits per heavy atom. The van der Waals surface area contributed by atoms with Gasteiger partial charge in [0.15, 0.2) is 0 Å². The Balaban J connectivity index is 2.52. The van der Waals surface area contributed by atoms with Crippen molar-refractivity contribution in [2.24, 2.45) is 5.10 Å². The smallest absolute Gasteiger partial charge is 0.254 e. The van der Waals surface area contributed by atoms with Crippen LogP contribution in [0.3, 0.4) is 0 Å². The van der Waals surface area contributed by atoms with Crippen LogP contribution < -0.4 is 5.43 Å². The molecule has 1 N–H and O–H groups in total. The first-order valence-corrected chi connectivity index (χ1v) is 4.54. The van der Waals surface area contributed by atoms with E-state index in [0.29, 0.717) is 5.02 Å². The molecule has 76 valence electrons. The molecule has 0 spiro atoms. The number of hydrazone groups is 1. The number of nitrogens with zero attached hydrogens (tertiary/aromatic N) is 2. The summed E-state index contributed by atoms with van der Waals surface area (Å²) < 4.78 is 0. The lowest BCUT2D eigenvalue weighted by atomic mass is 10.2. The first-order chi connectivity index (χ1) is 7.22. The molecule has 0 heterocycles. The lowest BCUT2D eigenvalue weighted by Gasteiger charge is -1.94. The van der Waals surface area contributed by atoms with Crippen molar-refractivity contribution >= 4 is 23.7 Å². The van der Waals surface area contributed by atoms with E-state index in [-0.39, 0.29) is 6.42 Å². The zero-order valence-corrected chi connectivity index (χ0v) is 8.53. The van der Waals surface area contributed by atoms with E-state index in [1.807, 2.05) is 0 Å². The fourth-order valence-corrected chi connectivity index (χ4v) is 1.08. The molecule has 0 saturated heterocycles. The Hall–Kier alpha value is -1.86. The topological polar surface area (TPSA) is 65.2 Å². The monoisotopic (exact) mass is 221 g/mol. The molecule has 0 atom stereocenters. The fourth-order valence-electron chi connectivity index (χ4n) is 0.877. The predicted molar refractivity (Wildman–Crippen MR) is 57.4 cm³/mol. The average molecular weight is 222 g/mol. The molecule has 1 aromatic carbocycles. The first kappa shape index (κ1) is 11.2. The molecule has 0 bridgehead atoms. The summed E-state index contributed by atoms with van der Waals surface area (Å²) in [7, 11) is 0. The largest absolute Gasteiger partial charge is 0.272 e. The maximum Gasteiger partial charge on any atom is 0.254 e. The van der Waals surface area contributed by atoms with Crippen LogP contribution in [-0.4, -0.2) is 12.1 Å². The first-order valence-electron chi connectivity index (χ1n) is 4.17. The van der Waals surface area contributed by atoms with Crippen molar-refractivity contribution in [3.05, 3.63) is 34.9 Å². The molecule has 0 aliphatic rings. The number of nitriles is 1. The molecule has 0 unspecified atom stereocenters. The number of benzene rings is 1. The molecule has 0 aliphatic carbocycles. The lowest BCUT2D eigenvalue weighted by molar-refractivity contribution is -0.120. The van der Waals surface area contributed by atoms with E-state index in [1.165, 1.54) is 6.21 Å². The Morgan fingerprint density at radius 3 is 3.13 bits per heavy atom. The summed E-state index contributed by atoms with van der Waals surface area (Å²) in [6, 6.07) is 8.75. The highest BCUT2D eigenvalue weighted by atomic mass is 35.5. The Bertz CT molecular complexity index is 423. The molecule has 4 nitrogen and oxygen atoms in total. The second kappa shape index (κ2) is 5.78. The summed E-state index contributed by atoms with van der Waals surface area (Å²) in [4.78, 5) is 10.8. The molecule has 15 heavy (non-hydrogen) atoms. The van der Waals surface area contributed by atoms with E-state index < -0.39 is 5.91 Å². The number of amides is 1. The SMILES string of the molecule is N#CCC(=O)NN=Cc1cccc(Cl)c1. The number of rotatable bonds is 3. The zero-order valence-electron chi connectivity index (χ0n) is 7.77. The summed E-state index contributed by atoms with van der Waals surface area (Å²) in [5.74, 6) is -0.434. The van der Waals surface area contributed by atoms with Crippen LogP contribution in [0.5, 0.6) is 0 Å². The molecule has 0 radical (unpaired) electrons. The van der Waals surface area contributed by atoms with Crippen LogP contribution in [-0.2, 0) is 4.79 Å². The van der Waals surface area contributed by atoms with Gasteiger partial charge < -0.3 is 0 Å². The van der Waals surface area contributed by atoms with Crippen LogP contribution in [0.4, 0.5) is 0 Å². The summed E-state index contributed by atoms with van der Waals surface area (Å²) in [6.45, 7) is 0. The molecule has 1 aromatic rings. The third kappa shape index (κ3) is 4.25. The Kier molecular flexibility index (Phi) is 4.32. The summed E-state index contributed by atoms with van der Waals surface area (Å²) in [5.41, 5.74) is 2.99. The van der Waals surface area contributed by atoms with E-state index in [2.05, 4.69) is 10.5 Å². The van der Waals surface area contributed by atoms with Gasteiger partial charge in [0.2, 0.25) is 0 Å². The van der Waals surface area contributed by atoms with Gasteiger partial charge in [0.1, 0.15) is 6.42 Å². The molecule has 0 fully saturated rings. The maximum atomic E-state index is 10.8. The van der Waals surface area contributed by atoms with E-state index >= 15 is 0 Å². The summed E-state index contributed by atoms with van der Waals surface area (Å²) in [5, 5.41) is 12.5. The minimum Gasteiger partial charge on any atom is -0.272 e. The number of carbonyl (C=O) groups excluding carboxylic acids is 1. The molecule has 0 saturated carbocycles. The van der Waals surface area contributed by atoms with Gasteiger partial charge in [-0.1, -0.05) is 23.7 Å². The van der Waals surface area contributed by atoms with Crippen molar-refractivity contribution < 1.29 is 4.79 Å². The molecular formula is C10H8ClN3O. The van der Waals surface area contributed by atoms with Crippen LogP contribution in [0.1, 0.15) is 12.0 Å². The summed E-state index contributed by atoms with van der Waals surface area (Å²) in [6.07, 6.45) is 1.26. The molecule has 5 heteroatoms. The molecule has 1 rings (SSSR count). The van der Waals surface area contributed by atoms with Crippen molar-refractivity contribution in [3.8, 4) is 6.07 Å². The zero-order chi connectivity index (χ0) is 11.1. The van der Waals surface area contributed by atoms with Gasteiger partial charge in [-0.05, 0) is 17.7 Å². The van der Waals surface area contributed by atoms with Gasteiger partial charge in [0.05, 0.1) is 12.3 Å². The van der Waals surface area contributed by atoms with Gasteiger partial charge >= 0.3 is 0 Å². The minimum atomic E-state index is -0.434. The molecular weight excluding hydrogens is 214 g/mol. The second-order valence-electron chi connectivity index (χ2n) is 2.68. The van der Waals surface area contributed by atoms with Crippen LogP contribution >= 0.6 is 11.6 Å². The van der Waals surface area contributed by atoms with Gasteiger partial charge in [-0.2, -0.15) is 10.4 Å². The summed E-state index contributed by atoms with van der Waals surface area (Å²) >= 11 is 5.74. The second-order valence-corrected chi connectivity index (χ2v) is 3.12. The highest BCUT2D eigenvalue weighted by molar-refractivity contribution is 6.30. The van der Waals surface area contributed by atoms with Gasteiger partial charge in [-0.15, -0.1) is 0 Å². The van der Waals surface area contributed by atoms with E-state index in [4.69, 9.17) is 16.9 Å². The van der Waals surface area contributed by atoms with E-state index in [0.717, 1.165) is 5.56 Å². The number of nitrogens with one attached hydrogen (secondary N) is 1. The minimum absolute atomic E-state index is 0.202. The molecule has 0 aromatic heterocycles. The van der Waals surface area contributed by atoms with Crippen molar-refractivity contribution in [2.45, 2.75) is 6.42 Å². The standard InChI is InChI=1S/C10H8ClN3O/c11-9-3-1-2-8(6-9)7-13-14-10(15)4-5-12/h1-3,6-7H,4H2,(H,14,15). The maximum absolute atomic E-state index is 10.8. The third-order valence-corrected chi connectivity index (χ3v) is 1.73. The van der Waals surface area contributed by atoms with Crippen LogP contribution in [0.2, 0.25) is 5.02 Å². The van der Waals surface area contributed by atoms with Crippen molar-refractivity contribution in [1.82, 2.24) is 5.43 Å². The van der Waals surface area contributed by atoms with Crippen LogP contribution in [0.25, 0.3) is 0 Å². The lowest BCUT2D eigenvalue weighted by Crippen LogP contribution is -2.16. The molecule has 1 amide bonds. The van der Waals surface area contributed by atoms with Gasteiger partial charge in [-0.3, -0.25) is 4.79 Å². The predicted octanol–water partition coefficient (Wildman–Crippen LogP) is 1.70. The number of hydrogen-bond donors (Lipinski definition) is 1. The van der Waals surface area contributed by atoms with Crippen molar-refractivity contribution in [2.75, 3.05) is 0 Å². The van der Waals surface area contributed by atoms with E-state index in [1.54, 1.807) is 30.3 Å². The van der Waals surface area contributed by atoms with Crippen LogP contribution in [0, 0.1) is 11.3 Å². The van der Waals surface area contributed by atoms with Gasteiger partial charge in [0, 0.05) is 5.02 Å². The average Bonchev–Trinajstić information content (AvgIpc) is 2.18. The van der Waals surface area contributed by atoms with Gasteiger partial charge in [0.25, 0.3) is 5.91 Å². The number of carbonyl (C=O) groups is 1. The highest BCUT2D eigenvalue weighted by Gasteiger charge is 1.95. The van der Waals surface area contributed by atoms with Crippen LogP contribution in [0.15, 0.2) is 29.4 Å². The Labute approximate surface area is 92.2 Å². The number of halogens is 1. The fraction of sp³-hybridized carbons (Fsp3) is 0.100. The highest BCUT2D eigenvalue weighted by Crippen LogP contribution is 2.08. The van der Waals surface area contributed by atoms with Crippen molar-refractivity contribution in [3.63, 3.8) is 0 Å². The normalized spacial score (nSPS) is 9.87. The number of hydrogen-bond acceptors (Lipinski definition) is 3. The van der Waals surface area contributed by atoms with Gasteiger partial charge in [-0.25, -0.2) is 5.43 Å².